The smallest absolute Gasteiger partial charge is 0.175 e. The van der Waals surface area contributed by atoms with Crippen molar-refractivity contribution in [1.82, 2.24) is 10.2 Å². The highest BCUT2D eigenvalue weighted by atomic mass is 32.2. The number of hydrogen-bond donors (Lipinski definition) is 1. The van der Waals surface area contributed by atoms with Crippen LogP contribution in [0.1, 0.15) is 16.8 Å². The van der Waals surface area contributed by atoms with Crippen molar-refractivity contribution in [1.29, 1.82) is 0 Å². The lowest BCUT2D eigenvalue weighted by atomic mass is 10.1. The molecule has 2 rings (SSSR count). The Hall–Kier alpha value is -1.24. The molecular formula is C14H20N2O3S. The molecular weight excluding hydrogens is 276 g/mol. The van der Waals surface area contributed by atoms with Crippen LogP contribution in [0.3, 0.4) is 0 Å². The summed E-state index contributed by atoms with van der Waals surface area (Å²) < 4.78 is 22.7. The quantitative estimate of drug-likeness (QED) is 0.805. The van der Waals surface area contributed by atoms with E-state index in [1.165, 1.54) is 12.1 Å². The van der Waals surface area contributed by atoms with Crippen LogP contribution >= 0.6 is 0 Å². The Bertz CT molecular complexity index is 561. The van der Waals surface area contributed by atoms with Gasteiger partial charge in [0.1, 0.15) is 0 Å². The van der Waals surface area contributed by atoms with E-state index in [1.807, 2.05) is 0 Å². The molecule has 0 bridgehead atoms. The lowest BCUT2D eigenvalue weighted by molar-refractivity contribution is 0.0960. The summed E-state index contributed by atoms with van der Waals surface area (Å²) in [4.78, 5) is 14.6. The van der Waals surface area contributed by atoms with Crippen molar-refractivity contribution >= 4 is 15.6 Å². The maximum absolute atomic E-state index is 12.1. The number of rotatable bonds is 5. The van der Waals surface area contributed by atoms with Gasteiger partial charge in [0.25, 0.3) is 0 Å². The molecule has 0 spiro atoms. The fourth-order valence-corrected chi connectivity index (χ4v) is 2.86. The van der Waals surface area contributed by atoms with Crippen molar-refractivity contribution in [2.75, 3.05) is 39.0 Å². The van der Waals surface area contributed by atoms with Crippen molar-refractivity contribution in [2.24, 2.45) is 0 Å². The van der Waals surface area contributed by atoms with E-state index in [-0.39, 0.29) is 10.7 Å². The Morgan fingerprint density at radius 2 is 1.80 bits per heavy atom. The number of nitrogens with one attached hydrogen (secondary N) is 1. The van der Waals surface area contributed by atoms with Crippen LogP contribution in [0.25, 0.3) is 0 Å². The Balaban J connectivity index is 1.92. The maximum atomic E-state index is 12.1. The molecule has 0 aromatic heterocycles. The summed E-state index contributed by atoms with van der Waals surface area (Å²) >= 11 is 0. The molecule has 20 heavy (non-hydrogen) atoms. The molecule has 0 unspecified atom stereocenters. The molecule has 0 radical (unpaired) electrons. The average molecular weight is 296 g/mol. The van der Waals surface area contributed by atoms with Crippen LogP contribution in [0.2, 0.25) is 0 Å². The highest BCUT2D eigenvalue weighted by Crippen LogP contribution is 2.12. The first-order chi connectivity index (χ1) is 9.47. The van der Waals surface area contributed by atoms with Gasteiger partial charge in [-0.15, -0.1) is 0 Å². The van der Waals surface area contributed by atoms with Crippen LogP contribution in [0.15, 0.2) is 29.2 Å². The molecule has 0 saturated carbocycles. The van der Waals surface area contributed by atoms with Crippen molar-refractivity contribution in [3.63, 3.8) is 0 Å². The molecule has 0 atom stereocenters. The van der Waals surface area contributed by atoms with Gasteiger partial charge in [0, 0.05) is 51.0 Å². The van der Waals surface area contributed by atoms with Crippen molar-refractivity contribution in [2.45, 2.75) is 11.3 Å². The Morgan fingerprint density at radius 3 is 2.35 bits per heavy atom. The summed E-state index contributed by atoms with van der Waals surface area (Å²) in [6, 6.07) is 6.17. The van der Waals surface area contributed by atoms with Crippen molar-refractivity contribution in [3.05, 3.63) is 29.8 Å². The van der Waals surface area contributed by atoms with Crippen LogP contribution in [0.4, 0.5) is 0 Å². The first-order valence-electron chi connectivity index (χ1n) is 6.73. The van der Waals surface area contributed by atoms with Gasteiger partial charge >= 0.3 is 0 Å². The van der Waals surface area contributed by atoms with E-state index >= 15 is 0 Å². The standard InChI is InChI=1S/C14H20N2O3S/c1-20(18,19)13-4-2-12(3-5-13)14(17)6-9-16-10-7-15-8-11-16/h2-5,15H,6-11H2,1H3. The third-order valence-corrected chi connectivity index (χ3v) is 4.60. The molecule has 0 aliphatic carbocycles. The topological polar surface area (TPSA) is 66.5 Å². The van der Waals surface area contributed by atoms with Crippen molar-refractivity contribution in [3.8, 4) is 0 Å². The van der Waals surface area contributed by atoms with E-state index < -0.39 is 9.84 Å². The van der Waals surface area contributed by atoms with Gasteiger partial charge in [0.05, 0.1) is 4.90 Å². The van der Waals surface area contributed by atoms with Crippen LogP contribution in [0.5, 0.6) is 0 Å². The minimum absolute atomic E-state index is 0.0589. The predicted molar refractivity (Wildman–Crippen MR) is 77.8 cm³/mol. The van der Waals surface area contributed by atoms with Gasteiger partial charge in [0.2, 0.25) is 0 Å². The Kier molecular flexibility index (Phi) is 4.91. The van der Waals surface area contributed by atoms with E-state index in [1.54, 1.807) is 12.1 Å². The van der Waals surface area contributed by atoms with E-state index in [9.17, 15) is 13.2 Å². The molecule has 1 heterocycles. The first kappa shape index (κ1) is 15.2. The second-order valence-corrected chi connectivity index (χ2v) is 7.08. The third kappa shape index (κ3) is 4.13. The van der Waals surface area contributed by atoms with E-state index in [4.69, 9.17) is 0 Å². The summed E-state index contributed by atoms with van der Waals surface area (Å²) in [6.07, 6.45) is 1.63. The number of ketones is 1. The number of carbonyl (C=O) groups is 1. The molecule has 6 heteroatoms. The fraction of sp³-hybridized carbons (Fsp3) is 0.500. The summed E-state index contributed by atoms with van der Waals surface area (Å²) in [5, 5.41) is 3.27. The minimum atomic E-state index is -3.20. The lowest BCUT2D eigenvalue weighted by Gasteiger charge is -2.26. The number of nitrogens with zero attached hydrogens (tertiary/aromatic N) is 1. The Morgan fingerprint density at radius 1 is 1.20 bits per heavy atom. The van der Waals surface area contributed by atoms with Gasteiger partial charge in [-0.05, 0) is 12.1 Å². The molecule has 110 valence electrons. The predicted octanol–water partition coefficient (Wildman–Crippen LogP) is 0.568. The second kappa shape index (κ2) is 6.47. The fourth-order valence-electron chi connectivity index (χ4n) is 2.23. The zero-order valence-corrected chi connectivity index (χ0v) is 12.4. The highest BCUT2D eigenvalue weighted by molar-refractivity contribution is 7.90. The minimum Gasteiger partial charge on any atom is -0.314 e. The van der Waals surface area contributed by atoms with Crippen LogP contribution < -0.4 is 5.32 Å². The lowest BCUT2D eigenvalue weighted by Crippen LogP contribution is -2.44. The van der Waals surface area contributed by atoms with Gasteiger partial charge < -0.3 is 10.2 Å². The summed E-state index contributed by atoms with van der Waals surface area (Å²) in [5.74, 6) is 0.0589. The third-order valence-electron chi connectivity index (χ3n) is 3.47. The van der Waals surface area contributed by atoms with Gasteiger partial charge in [-0.1, -0.05) is 12.1 Å². The normalized spacial score (nSPS) is 17.1. The van der Waals surface area contributed by atoms with E-state index in [2.05, 4.69) is 10.2 Å². The summed E-state index contributed by atoms with van der Waals surface area (Å²) in [5.41, 5.74) is 0.576. The molecule has 1 aromatic carbocycles. The van der Waals surface area contributed by atoms with Crippen molar-refractivity contribution < 1.29 is 13.2 Å². The molecule has 1 N–H and O–H groups in total. The average Bonchev–Trinajstić information content (AvgIpc) is 2.45. The van der Waals surface area contributed by atoms with E-state index in [0.29, 0.717) is 12.0 Å². The number of carbonyl (C=O) groups excluding carboxylic acids is 1. The molecule has 5 nitrogen and oxygen atoms in total. The SMILES string of the molecule is CS(=O)(=O)c1ccc(C(=O)CCN2CCNCC2)cc1. The number of sulfone groups is 1. The molecule has 1 aliphatic heterocycles. The number of benzene rings is 1. The highest BCUT2D eigenvalue weighted by Gasteiger charge is 2.13. The van der Waals surface area contributed by atoms with Crippen LogP contribution in [-0.2, 0) is 9.84 Å². The molecule has 0 amide bonds. The van der Waals surface area contributed by atoms with E-state index in [0.717, 1.165) is 39.0 Å². The van der Waals surface area contributed by atoms with Crippen LogP contribution in [-0.4, -0.2) is 58.1 Å². The monoisotopic (exact) mass is 296 g/mol. The summed E-state index contributed by atoms with van der Waals surface area (Å²) in [6.45, 7) is 4.64. The maximum Gasteiger partial charge on any atom is 0.175 e. The van der Waals surface area contributed by atoms with Gasteiger partial charge in [0.15, 0.2) is 15.6 Å². The van der Waals surface area contributed by atoms with Gasteiger partial charge in [-0.2, -0.15) is 0 Å². The number of hydrogen-bond acceptors (Lipinski definition) is 5. The number of piperazine rings is 1. The largest absolute Gasteiger partial charge is 0.314 e. The number of Topliss-reactive ketones (excluding diaryl/α,β-unsaturated/α-hetero) is 1. The second-order valence-electron chi connectivity index (χ2n) is 5.06. The molecule has 1 aromatic rings. The molecule has 1 aliphatic rings. The van der Waals surface area contributed by atoms with Crippen LogP contribution in [0, 0.1) is 0 Å². The molecule has 1 fully saturated rings. The van der Waals surface area contributed by atoms with Gasteiger partial charge in [-0.25, -0.2) is 8.42 Å². The van der Waals surface area contributed by atoms with Gasteiger partial charge in [-0.3, -0.25) is 4.79 Å². The zero-order valence-electron chi connectivity index (χ0n) is 11.6. The molecule has 1 saturated heterocycles. The summed E-state index contributed by atoms with van der Waals surface area (Å²) in [7, 11) is -3.20. The first-order valence-corrected chi connectivity index (χ1v) is 8.62. The Labute approximate surface area is 119 Å². The zero-order chi connectivity index (χ0) is 14.6.